The van der Waals surface area contributed by atoms with Crippen LogP contribution in [0.15, 0.2) is 65.5 Å². The van der Waals surface area contributed by atoms with Crippen molar-refractivity contribution in [3.63, 3.8) is 0 Å². The molecule has 2 aromatic carbocycles. The van der Waals surface area contributed by atoms with Crippen LogP contribution in [-0.4, -0.2) is 35.9 Å². The van der Waals surface area contributed by atoms with Crippen molar-refractivity contribution in [1.82, 2.24) is 9.78 Å². The number of nitrogens with zero attached hydrogens (tertiary/aromatic N) is 3. The van der Waals surface area contributed by atoms with Crippen molar-refractivity contribution < 1.29 is 14.3 Å². The van der Waals surface area contributed by atoms with E-state index < -0.39 is 0 Å². The minimum atomic E-state index is -0.233. The summed E-state index contributed by atoms with van der Waals surface area (Å²) < 4.78 is 12.3. The van der Waals surface area contributed by atoms with Crippen LogP contribution >= 0.6 is 0 Å². The number of para-hydroxylation sites is 2. The van der Waals surface area contributed by atoms with Crippen molar-refractivity contribution in [2.24, 2.45) is 13.0 Å². The molecule has 0 saturated carbocycles. The van der Waals surface area contributed by atoms with Gasteiger partial charge in [-0.15, -0.1) is 0 Å². The summed E-state index contributed by atoms with van der Waals surface area (Å²) in [5, 5.41) is 4.55. The van der Waals surface area contributed by atoms with E-state index >= 15 is 0 Å². The highest BCUT2D eigenvalue weighted by molar-refractivity contribution is 5.80. The fraction of sp³-hybridized carbons (Fsp3) is 0.261. The number of rotatable bonds is 5. The molecule has 1 aliphatic rings. The second-order valence-corrected chi connectivity index (χ2v) is 7.21. The van der Waals surface area contributed by atoms with Gasteiger partial charge in [0.2, 0.25) is 0 Å². The Morgan fingerprint density at radius 2 is 1.83 bits per heavy atom. The molecule has 1 fully saturated rings. The number of benzene rings is 2. The molecule has 7 heteroatoms. The summed E-state index contributed by atoms with van der Waals surface area (Å²) in [5.74, 6) is 0.898. The molecule has 0 spiro atoms. The summed E-state index contributed by atoms with van der Waals surface area (Å²) >= 11 is 0. The Labute approximate surface area is 174 Å². The van der Waals surface area contributed by atoms with Crippen LogP contribution in [0, 0.1) is 5.92 Å². The molecular formula is C23H23N3O4. The summed E-state index contributed by atoms with van der Waals surface area (Å²) in [6.45, 7) is 1.12. The van der Waals surface area contributed by atoms with Crippen LogP contribution in [0.1, 0.15) is 6.42 Å². The van der Waals surface area contributed by atoms with Crippen molar-refractivity contribution in [2.45, 2.75) is 6.42 Å². The number of anilines is 1. The predicted molar refractivity (Wildman–Crippen MR) is 114 cm³/mol. The number of carbonyl (C=O) groups excluding carboxylic acids is 1. The first-order chi connectivity index (χ1) is 14.6. The van der Waals surface area contributed by atoms with Crippen molar-refractivity contribution >= 4 is 11.7 Å². The molecular weight excluding hydrogens is 382 g/mol. The smallest absolute Gasteiger partial charge is 0.310 e. The molecule has 30 heavy (non-hydrogen) atoms. The Bertz CT molecular complexity index is 1110. The third-order valence-electron chi connectivity index (χ3n) is 5.25. The van der Waals surface area contributed by atoms with Gasteiger partial charge in [0.1, 0.15) is 17.2 Å². The molecule has 154 valence electrons. The third kappa shape index (κ3) is 3.91. The zero-order valence-electron chi connectivity index (χ0n) is 16.9. The molecule has 3 aromatic rings. The Morgan fingerprint density at radius 3 is 2.60 bits per heavy atom. The van der Waals surface area contributed by atoms with Crippen LogP contribution in [0.3, 0.4) is 0 Å². The highest BCUT2D eigenvalue weighted by atomic mass is 16.5. The summed E-state index contributed by atoms with van der Waals surface area (Å²) in [5.41, 5.74) is 1.88. The molecule has 0 aliphatic carbocycles. The minimum absolute atomic E-state index is 0.211. The standard InChI is InChI=1S/C23H23N3O4/c1-25-21(27)14-19(26-13-12-16(15-26)23(28)29-2)22(24-25)18-10-6-7-11-20(18)30-17-8-4-3-5-9-17/h3-11,14,16H,12-13,15H2,1-2H3. The number of esters is 1. The summed E-state index contributed by atoms with van der Waals surface area (Å²) in [6, 6.07) is 18.7. The Kier molecular flexibility index (Phi) is 5.52. The van der Waals surface area contributed by atoms with Crippen LogP contribution in [-0.2, 0) is 16.6 Å². The Morgan fingerprint density at radius 1 is 1.10 bits per heavy atom. The molecule has 1 unspecified atom stereocenters. The van der Waals surface area contributed by atoms with Crippen LogP contribution < -0.4 is 15.2 Å². The van der Waals surface area contributed by atoms with E-state index in [1.807, 2.05) is 59.5 Å². The largest absolute Gasteiger partial charge is 0.469 e. The van der Waals surface area contributed by atoms with Gasteiger partial charge in [0.05, 0.1) is 18.7 Å². The summed E-state index contributed by atoms with van der Waals surface area (Å²) in [6.07, 6.45) is 0.670. The first-order valence-electron chi connectivity index (χ1n) is 9.80. The van der Waals surface area contributed by atoms with E-state index in [1.54, 1.807) is 13.1 Å². The first-order valence-corrected chi connectivity index (χ1v) is 9.80. The number of aryl methyl sites for hydroxylation is 1. The van der Waals surface area contributed by atoms with Gasteiger partial charge in [0.25, 0.3) is 5.56 Å². The second-order valence-electron chi connectivity index (χ2n) is 7.21. The van der Waals surface area contributed by atoms with Crippen molar-refractivity contribution in [2.75, 3.05) is 25.1 Å². The fourth-order valence-corrected chi connectivity index (χ4v) is 3.67. The normalized spacial score (nSPS) is 15.8. The van der Waals surface area contributed by atoms with Crippen LogP contribution in [0.25, 0.3) is 11.3 Å². The van der Waals surface area contributed by atoms with Crippen molar-refractivity contribution in [1.29, 1.82) is 0 Å². The predicted octanol–water partition coefficient (Wildman–Crippen LogP) is 3.24. The van der Waals surface area contributed by atoms with E-state index in [0.717, 1.165) is 5.56 Å². The Balaban J connectivity index is 1.76. The average molecular weight is 405 g/mol. The van der Waals surface area contributed by atoms with Gasteiger partial charge in [-0.1, -0.05) is 30.3 Å². The highest BCUT2D eigenvalue weighted by Crippen LogP contribution is 2.38. The maximum atomic E-state index is 12.4. The molecule has 0 N–H and O–H groups in total. The number of aromatic nitrogens is 2. The van der Waals surface area contributed by atoms with Gasteiger partial charge in [-0.05, 0) is 30.7 Å². The molecule has 0 amide bonds. The van der Waals surface area contributed by atoms with Gasteiger partial charge in [0, 0.05) is 31.8 Å². The van der Waals surface area contributed by atoms with E-state index in [4.69, 9.17) is 9.47 Å². The fourth-order valence-electron chi connectivity index (χ4n) is 3.67. The van der Waals surface area contributed by atoms with Gasteiger partial charge in [-0.3, -0.25) is 9.59 Å². The summed E-state index contributed by atoms with van der Waals surface area (Å²) in [7, 11) is 3.02. The van der Waals surface area contributed by atoms with Crippen molar-refractivity contribution in [3.8, 4) is 22.8 Å². The Hall–Kier alpha value is -3.61. The quantitative estimate of drug-likeness (QED) is 0.607. The maximum absolute atomic E-state index is 12.4. The molecule has 4 rings (SSSR count). The van der Waals surface area contributed by atoms with Crippen LogP contribution in [0.2, 0.25) is 0 Å². The molecule has 1 saturated heterocycles. The molecule has 1 aromatic heterocycles. The number of hydrogen-bond donors (Lipinski definition) is 0. The van der Waals surface area contributed by atoms with E-state index in [-0.39, 0.29) is 17.4 Å². The molecule has 1 atom stereocenters. The SMILES string of the molecule is COC(=O)C1CCN(c2cc(=O)n(C)nc2-c2ccccc2Oc2ccccc2)C1. The monoisotopic (exact) mass is 405 g/mol. The van der Waals surface area contributed by atoms with Crippen LogP contribution in [0.5, 0.6) is 11.5 Å². The van der Waals surface area contributed by atoms with Crippen LogP contribution in [0.4, 0.5) is 5.69 Å². The first kappa shape index (κ1) is 19.7. The number of ether oxygens (including phenoxy) is 2. The van der Waals surface area contributed by atoms with Gasteiger partial charge in [-0.2, -0.15) is 5.10 Å². The zero-order valence-corrected chi connectivity index (χ0v) is 16.9. The molecule has 7 nitrogen and oxygen atoms in total. The van der Waals surface area contributed by atoms with E-state index in [0.29, 0.717) is 42.4 Å². The number of methoxy groups -OCH3 is 1. The maximum Gasteiger partial charge on any atom is 0.310 e. The van der Waals surface area contributed by atoms with Crippen molar-refractivity contribution in [3.05, 3.63) is 71.0 Å². The van der Waals surface area contributed by atoms with Gasteiger partial charge < -0.3 is 14.4 Å². The zero-order chi connectivity index (χ0) is 21.1. The van der Waals surface area contributed by atoms with Gasteiger partial charge in [0.15, 0.2) is 0 Å². The number of hydrogen-bond acceptors (Lipinski definition) is 6. The topological polar surface area (TPSA) is 73.7 Å². The van der Waals surface area contributed by atoms with Gasteiger partial charge in [-0.25, -0.2) is 4.68 Å². The lowest BCUT2D eigenvalue weighted by Gasteiger charge is -2.22. The second kappa shape index (κ2) is 8.41. The summed E-state index contributed by atoms with van der Waals surface area (Å²) in [4.78, 5) is 26.4. The molecule has 2 heterocycles. The molecule has 1 aliphatic heterocycles. The van der Waals surface area contributed by atoms with E-state index in [1.165, 1.54) is 11.8 Å². The van der Waals surface area contributed by atoms with Gasteiger partial charge >= 0.3 is 5.97 Å². The minimum Gasteiger partial charge on any atom is -0.469 e. The average Bonchev–Trinajstić information content (AvgIpc) is 3.26. The van der Waals surface area contributed by atoms with E-state index in [2.05, 4.69) is 5.10 Å². The van der Waals surface area contributed by atoms with E-state index in [9.17, 15) is 9.59 Å². The lowest BCUT2D eigenvalue weighted by molar-refractivity contribution is -0.144. The number of carbonyl (C=O) groups is 1. The lowest BCUT2D eigenvalue weighted by atomic mass is 10.1. The molecule has 0 bridgehead atoms. The lowest BCUT2D eigenvalue weighted by Crippen LogP contribution is -2.28. The third-order valence-corrected chi connectivity index (χ3v) is 5.25. The molecule has 0 radical (unpaired) electrons. The highest BCUT2D eigenvalue weighted by Gasteiger charge is 2.31.